The van der Waals surface area contributed by atoms with Crippen LogP contribution < -0.4 is 10.6 Å². The van der Waals surface area contributed by atoms with Crippen LogP contribution in [0.5, 0.6) is 0 Å². The van der Waals surface area contributed by atoms with Crippen LogP contribution in [0.3, 0.4) is 0 Å². The van der Waals surface area contributed by atoms with Gasteiger partial charge < -0.3 is 10.6 Å². The summed E-state index contributed by atoms with van der Waals surface area (Å²) < 4.78 is 1.88. The molecule has 0 bridgehead atoms. The first-order valence-corrected chi connectivity index (χ1v) is 6.96. The van der Waals surface area contributed by atoms with E-state index in [2.05, 4.69) is 40.0 Å². The lowest BCUT2D eigenvalue weighted by Gasteiger charge is -2.23. The van der Waals surface area contributed by atoms with Crippen LogP contribution in [0, 0.1) is 5.92 Å². The highest BCUT2D eigenvalue weighted by Crippen LogP contribution is 2.16. The SMILES string of the molecule is c1cc(NCC2CCCNC2)cc(-n2cccn2)c1. The first-order valence-electron chi connectivity index (χ1n) is 6.96. The molecule has 4 heteroatoms. The van der Waals surface area contributed by atoms with Gasteiger partial charge in [-0.1, -0.05) is 6.07 Å². The molecular weight excluding hydrogens is 236 g/mol. The summed E-state index contributed by atoms with van der Waals surface area (Å²) in [6.45, 7) is 3.34. The van der Waals surface area contributed by atoms with E-state index in [4.69, 9.17) is 0 Å². The number of piperidine rings is 1. The molecule has 1 aliphatic heterocycles. The molecule has 2 aromatic rings. The van der Waals surface area contributed by atoms with E-state index in [0.29, 0.717) is 0 Å². The van der Waals surface area contributed by atoms with Gasteiger partial charge in [-0.15, -0.1) is 0 Å². The molecule has 3 rings (SSSR count). The predicted molar refractivity (Wildman–Crippen MR) is 77.6 cm³/mol. The Morgan fingerprint density at radius 1 is 1.37 bits per heavy atom. The van der Waals surface area contributed by atoms with Gasteiger partial charge >= 0.3 is 0 Å². The Balaban J connectivity index is 1.63. The summed E-state index contributed by atoms with van der Waals surface area (Å²) in [5.74, 6) is 0.738. The Morgan fingerprint density at radius 3 is 3.16 bits per heavy atom. The van der Waals surface area contributed by atoms with Gasteiger partial charge in [0.1, 0.15) is 0 Å². The zero-order valence-electron chi connectivity index (χ0n) is 11.0. The molecule has 2 heterocycles. The van der Waals surface area contributed by atoms with Gasteiger partial charge in [0.15, 0.2) is 0 Å². The fourth-order valence-electron chi connectivity index (χ4n) is 2.54. The third-order valence-corrected chi connectivity index (χ3v) is 3.61. The van der Waals surface area contributed by atoms with E-state index >= 15 is 0 Å². The van der Waals surface area contributed by atoms with Crippen molar-refractivity contribution < 1.29 is 0 Å². The van der Waals surface area contributed by atoms with E-state index in [1.54, 1.807) is 6.20 Å². The fourth-order valence-corrected chi connectivity index (χ4v) is 2.54. The molecule has 0 saturated carbocycles. The number of hydrogen-bond acceptors (Lipinski definition) is 3. The summed E-state index contributed by atoms with van der Waals surface area (Å²) in [7, 11) is 0. The molecule has 0 spiro atoms. The minimum absolute atomic E-state index is 0.738. The Kier molecular flexibility index (Phi) is 3.79. The quantitative estimate of drug-likeness (QED) is 0.882. The second kappa shape index (κ2) is 5.89. The van der Waals surface area contributed by atoms with Crippen molar-refractivity contribution in [3.8, 4) is 5.69 Å². The second-order valence-corrected chi connectivity index (χ2v) is 5.09. The summed E-state index contributed by atoms with van der Waals surface area (Å²) in [5, 5.41) is 11.2. The Labute approximate surface area is 113 Å². The molecule has 2 N–H and O–H groups in total. The van der Waals surface area contributed by atoms with Gasteiger partial charge in [-0.05, 0) is 56.1 Å². The van der Waals surface area contributed by atoms with Gasteiger partial charge in [-0.25, -0.2) is 4.68 Å². The monoisotopic (exact) mass is 256 g/mol. The normalized spacial score (nSPS) is 19.3. The van der Waals surface area contributed by atoms with Crippen LogP contribution in [0.25, 0.3) is 5.69 Å². The van der Waals surface area contributed by atoms with Crippen molar-refractivity contribution in [2.45, 2.75) is 12.8 Å². The van der Waals surface area contributed by atoms with E-state index in [0.717, 1.165) is 24.7 Å². The third kappa shape index (κ3) is 3.15. The fraction of sp³-hybridized carbons (Fsp3) is 0.400. The number of anilines is 1. The van der Waals surface area contributed by atoms with E-state index in [9.17, 15) is 0 Å². The topological polar surface area (TPSA) is 41.9 Å². The van der Waals surface area contributed by atoms with Crippen molar-refractivity contribution in [2.75, 3.05) is 25.0 Å². The lowest BCUT2D eigenvalue weighted by atomic mass is 10.00. The van der Waals surface area contributed by atoms with E-state index < -0.39 is 0 Å². The maximum Gasteiger partial charge on any atom is 0.0666 e. The molecular formula is C15H20N4. The average molecular weight is 256 g/mol. The molecule has 0 amide bonds. The predicted octanol–water partition coefficient (Wildman–Crippen LogP) is 2.28. The Hall–Kier alpha value is -1.81. The second-order valence-electron chi connectivity index (χ2n) is 5.09. The van der Waals surface area contributed by atoms with Crippen LogP contribution in [0.15, 0.2) is 42.7 Å². The molecule has 1 fully saturated rings. The molecule has 1 saturated heterocycles. The maximum absolute atomic E-state index is 4.26. The molecule has 4 nitrogen and oxygen atoms in total. The van der Waals surface area contributed by atoms with E-state index in [1.807, 2.05) is 16.9 Å². The summed E-state index contributed by atoms with van der Waals surface area (Å²) in [6.07, 6.45) is 6.37. The zero-order valence-corrected chi connectivity index (χ0v) is 11.0. The molecule has 1 atom stereocenters. The van der Waals surface area contributed by atoms with Crippen molar-refractivity contribution in [1.82, 2.24) is 15.1 Å². The first kappa shape index (κ1) is 12.2. The standard InChI is InChI=1S/C15H20N4/c1-5-14(17-12-13-4-2-7-16-11-13)10-15(6-1)19-9-3-8-18-19/h1,3,5-6,8-10,13,16-17H,2,4,7,11-12H2. The van der Waals surface area contributed by atoms with Crippen molar-refractivity contribution in [1.29, 1.82) is 0 Å². The number of rotatable bonds is 4. The van der Waals surface area contributed by atoms with Gasteiger partial charge in [0.2, 0.25) is 0 Å². The van der Waals surface area contributed by atoms with E-state index in [1.165, 1.54) is 25.1 Å². The van der Waals surface area contributed by atoms with Crippen LogP contribution in [0.4, 0.5) is 5.69 Å². The summed E-state index contributed by atoms with van der Waals surface area (Å²) in [5.41, 5.74) is 2.26. The summed E-state index contributed by atoms with van der Waals surface area (Å²) in [4.78, 5) is 0. The number of nitrogens with zero attached hydrogens (tertiary/aromatic N) is 2. The van der Waals surface area contributed by atoms with E-state index in [-0.39, 0.29) is 0 Å². The molecule has 1 unspecified atom stereocenters. The van der Waals surface area contributed by atoms with Gasteiger partial charge in [0, 0.05) is 24.6 Å². The highest BCUT2D eigenvalue weighted by molar-refractivity contribution is 5.50. The number of aromatic nitrogens is 2. The molecule has 19 heavy (non-hydrogen) atoms. The number of hydrogen-bond donors (Lipinski definition) is 2. The average Bonchev–Trinajstić information content (AvgIpc) is 3.01. The van der Waals surface area contributed by atoms with Crippen molar-refractivity contribution in [3.63, 3.8) is 0 Å². The van der Waals surface area contributed by atoms with Crippen molar-refractivity contribution in [2.24, 2.45) is 5.92 Å². The molecule has 100 valence electrons. The highest BCUT2D eigenvalue weighted by Gasteiger charge is 2.12. The largest absolute Gasteiger partial charge is 0.385 e. The third-order valence-electron chi connectivity index (χ3n) is 3.61. The van der Waals surface area contributed by atoms with Crippen LogP contribution in [0.1, 0.15) is 12.8 Å². The smallest absolute Gasteiger partial charge is 0.0666 e. The van der Waals surface area contributed by atoms with Crippen molar-refractivity contribution >= 4 is 5.69 Å². The lowest BCUT2D eigenvalue weighted by molar-refractivity contribution is 0.393. The molecule has 1 aromatic heterocycles. The maximum atomic E-state index is 4.26. The molecule has 1 aliphatic rings. The van der Waals surface area contributed by atoms with Crippen molar-refractivity contribution in [3.05, 3.63) is 42.7 Å². The zero-order chi connectivity index (χ0) is 12.9. The number of benzene rings is 1. The molecule has 1 aromatic carbocycles. The summed E-state index contributed by atoms with van der Waals surface area (Å²) in [6, 6.07) is 10.3. The van der Waals surface area contributed by atoms with Gasteiger partial charge in [0.05, 0.1) is 5.69 Å². The lowest BCUT2D eigenvalue weighted by Crippen LogP contribution is -2.33. The minimum Gasteiger partial charge on any atom is -0.385 e. The number of nitrogens with one attached hydrogen (secondary N) is 2. The Bertz CT molecular complexity index is 501. The first-order chi connectivity index (χ1) is 9.42. The highest BCUT2D eigenvalue weighted by atomic mass is 15.3. The van der Waals surface area contributed by atoms with Gasteiger partial charge in [-0.3, -0.25) is 0 Å². The van der Waals surface area contributed by atoms with Gasteiger partial charge in [0.25, 0.3) is 0 Å². The van der Waals surface area contributed by atoms with Crippen LogP contribution in [-0.2, 0) is 0 Å². The summed E-state index contributed by atoms with van der Waals surface area (Å²) >= 11 is 0. The van der Waals surface area contributed by atoms with Crippen LogP contribution in [-0.4, -0.2) is 29.4 Å². The Morgan fingerprint density at radius 2 is 2.37 bits per heavy atom. The minimum atomic E-state index is 0.738. The van der Waals surface area contributed by atoms with Gasteiger partial charge in [-0.2, -0.15) is 5.10 Å². The van der Waals surface area contributed by atoms with Crippen LogP contribution >= 0.6 is 0 Å². The molecule has 0 radical (unpaired) electrons. The van der Waals surface area contributed by atoms with Crippen LogP contribution in [0.2, 0.25) is 0 Å². The molecule has 0 aliphatic carbocycles.